The van der Waals surface area contributed by atoms with E-state index in [1.54, 1.807) is 0 Å². The summed E-state index contributed by atoms with van der Waals surface area (Å²) in [7, 11) is 0. The SMILES string of the molecule is CCCNC(CC(C)C)C(=O)N1C[C@]2(C[C@H]1C(N)=O)C(=O)Nc1ccccc12. The molecule has 0 saturated carbocycles. The van der Waals surface area contributed by atoms with Crippen molar-refractivity contribution in [2.45, 2.75) is 57.5 Å². The number of hydrogen-bond donors (Lipinski definition) is 3. The molecule has 3 atom stereocenters. The average molecular weight is 386 g/mol. The monoisotopic (exact) mass is 386 g/mol. The fraction of sp³-hybridized carbons (Fsp3) is 0.571. The molecule has 0 radical (unpaired) electrons. The van der Waals surface area contributed by atoms with Gasteiger partial charge in [-0.25, -0.2) is 0 Å². The third-order valence-electron chi connectivity index (χ3n) is 5.74. The fourth-order valence-corrected chi connectivity index (χ4v) is 4.39. The van der Waals surface area contributed by atoms with E-state index in [2.05, 4.69) is 24.5 Å². The molecule has 1 fully saturated rings. The van der Waals surface area contributed by atoms with Gasteiger partial charge in [0.05, 0.1) is 11.5 Å². The number of hydrogen-bond acceptors (Lipinski definition) is 4. The van der Waals surface area contributed by atoms with Gasteiger partial charge in [-0.15, -0.1) is 0 Å². The maximum atomic E-state index is 13.4. The number of anilines is 1. The summed E-state index contributed by atoms with van der Waals surface area (Å²) in [6.45, 7) is 7.05. The second-order valence-electron chi connectivity index (χ2n) is 8.31. The summed E-state index contributed by atoms with van der Waals surface area (Å²) in [5.41, 5.74) is 6.32. The second-order valence-corrected chi connectivity index (χ2v) is 8.31. The lowest BCUT2D eigenvalue weighted by atomic mass is 9.79. The topological polar surface area (TPSA) is 105 Å². The first-order chi connectivity index (χ1) is 13.3. The van der Waals surface area contributed by atoms with E-state index in [0.717, 1.165) is 17.7 Å². The Labute approximate surface area is 166 Å². The largest absolute Gasteiger partial charge is 0.368 e. The minimum Gasteiger partial charge on any atom is -0.368 e. The molecular weight excluding hydrogens is 356 g/mol. The maximum absolute atomic E-state index is 13.4. The van der Waals surface area contributed by atoms with Gasteiger partial charge in [0.2, 0.25) is 17.7 Å². The Morgan fingerprint density at radius 1 is 1.36 bits per heavy atom. The lowest BCUT2D eigenvalue weighted by molar-refractivity contribution is -0.139. The van der Waals surface area contributed by atoms with Crippen molar-refractivity contribution in [3.8, 4) is 0 Å². The summed E-state index contributed by atoms with van der Waals surface area (Å²) in [6.07, 6.45) is 1.79. The fourth-order valence-electron chi connectivity index (χ4n) is 4.39. The second kappa shape index (κ2) is 7.91. The van der Waals surface area contributed by atoms with Crippen molar-refractivity contribution in [3.05, 3.63) is 29.8 Å². The van der Waals surface area contributed by atoms with Crippen molar-refractivity contribution in [2.75, 3.05) is 18.4 Å². The number of carbonyl (C=O) groups excluding carboxylic acids is 3. The Hall–Kier alpha value is -2.41. The van der Waals surface area contributed by atoms with Crippen molar-refractivity contribution in [2.24, 2.45) is 11.7 Å². The predicted octanol–water partition coefficient (Wildman–Crippen LogP) is 1.38. The van der Waals surface area contributed by atoms with E-state index >= 15 is 0 Å². The van der Waals surface area contributed by atoms with Crippen LogP contribution in [-0.2, 0) is 19.8 Å². The van der Waals surface area contributed by atoms with Crippen LogP contribution in [-0.4, -0.2) is 47.8 Å². The van der Waals surface area contributed by atoms with Gasteiger partial charge in [-0.3, -0.25) is 14.4 Å². The van der Waals surface area contributed by atoms with E-state index in [0.29, 0.717) is 18.9 Å². The number of nitrogens with two attached hydrogens (primary N) is 1. The molecule has 1 spiro atoms. The Balaban J connectivity index is 1.93. The zero-order chi connectivity index (χ0) is 20.5. The molecule has 1 unspecified atom stereocenters. The molecule has 2 aliphatic rings. The van der Waals surface area contributed by atoms with Crippen molar-refractivity contribution in [1.82, 2.24) is 10.2 Å². The summed E-state index contributed by atoms with van der Waals surface area (Å²) in [6, 6.07) is 6.28. The van der Waals surface area contributed by atoms with Crippen LogP contribution in [0.3, 0.4) is 0 Å². The highest BCUT2D eigenvalue weighted by Crippen LogP contribution is 2.46. The van der Waals surface area contributed by atoms with Crippen LogP contribution in [0.4, 0.5) is 5.69 Å². The molecule has 0 aromatic heterocycles. The third-order valence-corrected chi connectivity index (χ3v) is 5.74. The van der Waals surface area contributed by atoms with E-state index in [4.69, 9.17) is 5.73 Å². The molecule has 7 nitrogen and oxygen atoms in total. The van der Waals surface area contributed by atoms with Crippen molar-refractivity contribution in [1.29, 1.82) is 0 Å². The van der Waals surface area contributed by atoms with Gasteiger partial charge in [-0.1, -0.05) is 39.0 Å². The van der Waals surface area contributed by atoms with Crippen LogP contribution in [0.5, 0.6) is 0 Å². The van der Waals surface area contributed by atoms with Crippen molar-refractivity contribution in [3.63, 3.8) is 0 Å². The molecule has 4 N–H and O–H groups in total. The number of carbonyl (C=O) groups is 3. The number of likely N-dealkylation sites (tertiary alicyclic amines) is 1. The number of primary amides is 1. The molecule has 3 rings (SSSR count). The molecule has 1 aromatic carbocycles. The molecule has 0 aliphatic carbocycles. The van der Waals surface area contributed by atoms with Gasteiger partial charge < -0.3 is 21.3 Å². The van der Waals surface area contributed by atoms with Crippen LogP contribution >= 0.6 is 0 Å². The van der Waals surface area contributed by atoms with Gasteiger partial charge in [0.15, 0.2) is 0 Å². The van der Waals surface area contributed by atoms with E-state index in [1.807, 2.05) is 31.2 Å². The number of nitrogens with zero attached hydrogens (tertiary/aromatic N) is 1. The molecule has 1 aromatic rings. The molecule has 0 bridgehead atoms. The first-order valence-electron chi connectivity index (χ1n) is 10.0. The molecule has 152 valence electrons. The molecule has 1 saturated heterocycles. The quantitative estimate of drug-likeness (QED) is 0.658. The van der Waals surface area contributed by atoms with Crippen LogP contribution in [0, 0.1) is 5.92 Å². The first-order valence-corrected chi connectivity index (χ1v) is 10.0. The standard InChI is InChI=1S/C21H30N4O3/c1-4-9-23-16(10-13(2)3)19(27)25-12-21(11-17(25)18(22)26)14-7-5-6-8-15(14)24-20(21)28/h5-8,13,16-17,23H,4,9-12H2,1-3H3,(H2,22,26)(H,24,28)/t16?,17-,21-/m0/s1. The normalized spacial score (nSPS) is 24.5. The van der Waals surface area contributed by atoms with Crippen LogP contribution < -0.4 is 16.4 Å². The number of rotatable bonds is 7. The summed E-state index contributed by atoms with van der Waals surface area (Å²) in [5, 5.41) is 6.20. The van der Waals surface area contributed by atoms with Gasteiger partial charge in [-0.05, 0) is 43.4 Å². The zero-order valence-electron chi connectivity index (χ0n) is 16.8. The van der Waals surface area contributed by atoms with E-state index in [1.165, 1.54) is 4.90 Å². The zero-order valence-corrected chi connectivity index (χ0v) is 16.8. The predicted molar refractivity (Wildman–Crippen MR) is 108 cm³/mol. The highest BCUT2D eigenvalue weighted by molar-refractivity contribution is 6.08. The highest BCUT2D eigenvalue weighted by atomic mass is 16.2. The first kappa shape index (κ1) is 20.3. The number of fused-ring (bicyclic) bond motifs is 2. The van der Waals surface area contributed by atoms with Crippen molar-refractivity contribution >= 4 is 23.4 Å². The molecular formula is C21H30N4O3. The minimum atomic E-state index is -0.918. The van der Waals surface area contributed by atoms with Gasteiger partial charge in [-0.2, -0.15) is 0 Å². The molecule has 7 heteroatoms. The van der Waals surface area contributed by atoms with Crippen molar-refractivity contribution < 1.29 is 14.4 Å². The van der Waals surface area contributed by atoms with E-state index in [-0.39, 0.29) is 24.8 Å². The molecule has 2 aliphatic heterocycles. The third kappa shape index (κ3) is 3.51. The Bertz CT molecular complexity index is 779. The van der Waals surface area contributed by atoms with Gasteiger partial charge in [0.1, 0.15) is 6.04 Å². The molecule has 28 heavy (non-hydrogen) atoms. The maximum Gasteiger partial charge on any atom is 0.240 e. The number of benzene rings is 1. The highest BCUT2D eigenvalue weighted by Gasteiger charge is 2.57. The number of amides is 3. The smallest absolute Gasteiger partial charge is 0.240 e. The summed E-state index contributed by atoms with van der Waals surface area (Å²) >= 11 is 0. The van der Waals surface area contributed by atoms with Gasteiger partial charge >= 0.3 is 0 Å². The summed E-state index contributed by atoms with van der Waals surface area (Å²) in [5.74, 6) is -0.573. The number of para-hydroxylation sites is 1. The summed E-state index contributed by atoms with van der Waals surface area (Å²) in [4.78, 5) is 40.0. The Kier molecular flexibility index (Phi) is 5.74. The van der Waals surface area contributed by atoms with Crippen LogP contribution in [0.2, 0.25) is 0 Å². The summed E-state index contributed by atoms with van der Waals surface area (Å²) < 4.78 is 0. The van der Waals surface area contributed by atoms with Gasteiger partial charge in [0, 0.05) is 12.2 Å². The lowest BCUT2D eigenvalue weighted by Crippen LogP contribution is -2.52. The van der Waals surface area contributed by atoms with E-state index < -0.39 is 23.4 Å². The average Bonchev–Trinajstić information content (AvgIpc) is 3.18. The molecule has 2 heterocycles. The van der Waals surface area contributed by atoms with Gasteiger partial charge in [0.25, 0.3) is 0 Å². The Morgan fingerprint density at radius 3 is 2.71 bits per heavy atom. The van der Waals surface area contributed by atoms with Crippen LogP contribution in [0.15, 0.2) is 24.3 Å². The Morgan fingerprint density at radius 2 is 2.07 bits per heavy atom. The lowest BCUT2D eigenvalue weighted by Gasteiger charge is -2.29. The van der Waals surface area contributed by atoms with E-state index in [9.17, 15) is 14.4 Å². The molecule has 3 amide bonds. The van der Waals surface area contributed by atoms with Crippen LogP contribution in [0.25, 0.3) is 0 Å². The minimum absolute atomic E-state index is 0.153. The van der Waals surface area contributed by atoms with Crippen LogP contribution in [0.1, 0.15) is 45.6 Å². The number of nitrogens with one attached hydrogen (secondary N) is 2.